The highest BCUT2D eigenvalue weighted by molar-refractivity contribution is 8.00. The molecule has 1 fully saturated rings. The number of carbonyl (C=O) groups is 4. The predicted molar refractivity (Wildman–Crippen MR) is 173 cm³/mol. The summed E-state index contributed by atoms with van der Waals surface area (Å²) in [6.07, 6.45) is -1.54. The number of nitrogens with one attached hydrogen (secondary N) is 3. The zero-order valence-corrected chi connectivity index (χ0v) is 28.3. The number of hydrogen-bond donors (Lipinski definition) is 3. The maximum absolute atomic E-state index is 14.5. The topological polar surface area (TPSA) is 126 Å². The molecule has 0 spiro atoms. The van der Waals surface area contributed by atoms with Crippen LogP contribution in [0.3, 0.4) is 0 Å². The Labute approximate surface area is 277 Å². The summed E-state index contributed by atoms with van der Waals surface area (Å²) in [5, 5.41) is 7.71. The van der Waals surface area contributed by atoms with Crippen molar-refractivity contribution in [3.8, 4) is 0 Å². The van der Waals surface area contributed by atoms with Crippen molar-refractivity contribution >= 4 is 41.3 Å². The van der Waals surface area contributed by atoms with Crippen LogP contribution in [0, 0.1) is 23.4 Å². The fourth-order valence-corrected chi connectivity index (χ4v) is 5.97. The number of esters is 1. The van der Waals surface area contributed by atoms with Gasteiger partial charge in [0.25, 0.3) is 5.91 Å². The van der Waals surface area contributed by atoms with Crippen molar-refractivity contribution in [1.82, 2.24) is 15.5 Å². The van der Waals surface area contributed by atoms with E-state index >= 15 is 0 Å². The Kier molecular flexibility index (Phi) is 13.4. The number of halogens is 3. The van der Waals surface area contributed by atoms with Crippen molar-refractivity contribution in [3.63, 3.8) is 0 Å². The SMILES string of the molecule is CCOC(=O)[C@H](Nc1ccc(CNC(=O)[C@@H]2SCCN2C(=O)C[C@@H](Cc2cc(F)c(F)cc2F)NC(=O)OC(C)(C)C)cc1)C(C)C. The van der Waals surface area contributed by atoms with Crippen LogP contribution in [-0.4, -0.2) is 70.7 Å². The summed E-state index contributed by atoms with van der Waals surface area (Å²) >= 11 is 1.28. The average molecular weight is 681 g/mol. The highest BCUT2D eigenvalue weighted by atomic mass is 32.2. The zero-order chi connectivity index (χ0) is 34.9. The molecule has 2 aromatic carbocycles. The quantitative estimate of drug-likeness (QED) is 0.196. The number of anilines is 1. The van der Waals surface area contributed by atoms with Gasteiger partial charge in [0.2, 0.25) is 5.91 Å². The number of amides is 3. The molecule has 0 aliphatic carbocycles. The Balaban J connectivity index is 1.64. The van der Waals surface area contributed by atoms with Crippen LogP contribution < -0.4 is 16.0 Å². The third-order valence-corrected chi connectivity index (χ3v) is 8.29. The number of nitrogens with zero attached hydrogens (tertiary/aromatic N) is 1. The molecule has 0 radical (unpaired) electrons. The molecule has 1 saturated heterocycles. The zero-order valence-electron chi connectivity index (χ0n) is 27.5. The normalized spacial score (nSPS) is 16.0. The van der Waals surface area contributed by atoms with E-state index in [9.17, 15) is 32.3 Å². The smallest absolute Gasteiger partial charge is 0.407 e. The van der Waals surface area contributed by atoms with Crippen LogP contribution in [0.4, 0.5) is 23.7 Å². The first-order valence-electron chi connectivity index (χ1n) is 15.4. The number of thioether (sulfide) groups is 1. The van der Waals surface area contributed by atoms with Gasteiger partial charge in [0.1, 0.15) is 17.5 Å². The summed E-state index contributed by atoms with van der Waals surface area (Å²) in [5.74, 6) is -4.38. The molecule has 10 nitrogen and oxygen atoms in total. The Morgan fingerprint density at radius 2 is 1.68 bits per heavy atom. The van der Waals surface area contributed by atoms with Crippen molar-refractivity contribution in [3.05, 3.63) is 65.0 Å². The summed E-state index contributed by atoms with van der Waals surface area (Å²) in [5.41, 5.74) is 0.408. The van der Waals surface area contributed by atoms with E-state index in [1.54, 1.807) is 52.0 Å². The van der Waals surface area contributed by atoms with Crippen LogP contribution in [0.1, 0.15) is 59.1 Å². The van der Waals surface area contributed by atoms with Gasteiger partial charge in [-0.1, -0.05) is 26.0 Å². The van der Waals surface area contributed by atoms with Gasteiger partial charge in [-0.3, -0.25) is 9.59 Å². The second kappa shape index (κ2) is 16.8. The lowest BCUT2D eigenvalue weighted by Crippen LogP contribution is -2.48. The van der Waals surface area contributed by atoms with Crippen LogP contribution in [0.25, 0.3) is 0 Å². The van der Waals surface area contributed by atoms with Crippen molar-refractivity contribution in [2.75, 3.05) is 24.2 Å². The molecule has 47 heavy (non-hydrogen) atoms. The second-order valence-electron chi connectivity index (χ2n) is 12.5. The maximum atomic E-state index is 14.5. The van der Waals surface area contributed by atoms with Gasteiger partial charge < -0.3 is 30.3 Å². The molecule has 3 atom stereocenters. The number of hydrogen-bond acceptors (Lipinski definition) is 8. The first-order chi connectivity index (χ1) is 22.1. The molecule has 3 amide bonds. The minimum absolute atomic E-state index is 0.00183. The van der Waals surface area contributed by atoms with Crippen LogP contribution in [0.15, 0.2) is 36.4 Å². The lowest BCUT2D eigenvalue weighted by atomic mass is 10.0. The molecule has 3 rings (SSSR count). The molecule has 1 aliphatic rings. The molecule has 1 heterocycles. The molecule has 1 aliphatic heterocycles. The Bertz CT molecular complexity index is 1420. The highest BCUT2D eigenvalue weighted by Gasteiger charge is 2.36. The number of benzene rings is 2. The van der Waals surface area contributed by atoms with Crippen LogP contribution in [0.2, 0.25) is 0 Å². The van der Waals surface area contributed by atoms with Gasteiger partial charge in [0, 0.05) is 43.1 Å². The summed E-state index contributed by atoms with van der Waals surface area (Å²) in [6.45, 7) is 11.2. The van der Waals surface area contributed by atoms with Crippen LogP contribution in [0.5, 0.6) is 0 Å². The molecule has 0 saturated carbocycles. The second-order valence-corrected chi connectivity index (χ2v) is 13.6. The first kappa shape index (κ1) is 37.5. The Morgan fingerprint density at radius 3 is 2.30 bits per heavy atom. The fourth-order valence-electron chi connectivity index (χ4n) is 4.81. The molecular formula is C33H43F3N4O6S. The van der Waals surface area contributed by atoms with E-state index in [4.69, 9.17) is 9.47 Å². The van der Waals surface area contributed by atoms with Crippen molar-refractivity contribution in [2.24, 2.45) is 5.92 Å². The summed E-state index contributed by atoms with van der Waals surface area (Å²) in [7, 11) is 0. The number of carbonyl (C=O) groups excluding carboxylic acids is 4. The predicted octanol–water partition coefficient (Wildman–Crippen LogP) is 5.15. The molecule has 0 bridgehead atoms. The van der Waals surface area contributed by atoms with Gasteiger partial charge in [-0.05, 0) is 69.4 Å². The third kappa shape index (κ3) is 11.4. The fraction of sp³-hybridized carbons (Fsp3) is 0.515. The number of rotatable bonds is 13. The van der Waals surface area contributed by atoms with E-state index in [1.807, 2.05) is 13.8 Å². The van der Waals surface area contributed by atoms with Gasteiger partial charge in [0.05, 0.1) is 6.61 Å². The van der Waals surface area contributed by atoms with Crippen molar-refractivity contribution < 1.29 is 41.8 Å². The molecule has 0 unspecified atom stereocenters. The van der Waals surface area contributed by atoms with E-state index < -0.39 is 58.4 Å². The van der Waals surface area contributed by atoms with Gasteiger partial charge in [-0.25, -0.2) is 22.8 Å². The molecule has 2 aromatic rings. The Hall–Kier alpha value is -3.94. The van der Waals surface area contributed by atoms with Crippen LogP contribution >= 0.6 is 11.8 Å². The monoisotopic (exact) mass is 680 g/mol. The largest absolute Gasteiger partial charge is 0.464 e. The number of ether oxygens (including phenoxy) is 2. The summed E-state index contributed by atoms with van der Waals surface area (Å²) in [4.78, 5) is 52.8. The standard InChI is InChI=1S/C33H43F3N4O6S/c1-7-45-31(43)28(19(2)3)38-22-10-8-20(9-11-22)18-37-29(42)30-40(12-13-47-30)27(41)16-23(39-32(44)46-33(4,5)6)14-21-15-25(35)26(36)17-24(21)34/h8-11,15,17,19,23,28,30,38H,7,12-14,16,18H2,1-6H3,(H,37,42)(H,39,44)/t23-,28-,30+/m1/s1. The van der Waals surface area contributed by atoms with Crippen molar-refractivity contribution in [1.29, 1.82) is 0 Å². The molecule has 3 N–H and O–H groups in total. The third-order valence-electron chi connectivity index (χ3n) is 7.08. The van der Waals surface area contributed by atoms with E-state index in [-0.39, 0.29) is 50.0 Å². The van der Waals surface area contributed by atoms with E-state index in [0.717, 1.165) is 5.56 Å². The minimum atomic E-state index is -1.36. The van der Waals surface area contributed by atoms with Gasteiger partial charge in [0.15, 0.2) is 17.0 Å². The van der Waals surface area contributed by atoms with E-state index in [1.165, 1.54) is 16.7 Å². The Morgan fingerprint density at radius 1 is 1.02 bits per heavy atom. The summed E-state index contributed by atoms with van der Waals surface area (Å²) < 4.78 is 52.3. The highest BCUT2D eigenvalue weighted by Crippen LogP contribution is 2.26. The molecule has 0 aromatic heterocycles. The first-order valence-corrected chi connectivity index (χ1v) is 16.5. The van der Waals surface area contributed by atoms with Gasteiger partial charge in [-0.2, -0.15) is 0 Å². The molecule has 14 heteroatoms. The molecular weight excluding hydrogens is 637 g/mol. The maximum Gasteiger partial charge on any atom is 0.407 e. The van der Waals surface area contributed by atoms with E-state index in [2.05, 4.69) is 16.0 Å². The minimum Gasteiger partial charge on any atom is -0.464 e. The lowest BCUT2D eigenvalue weighted by molar-refractivity contribution is -0.145. The average Bonchev–Trinajstić information content (AvgIpc) is 3.47. The van der Waals surface area contributed by atoms with Gasteiger partial charge in [-0.15, -0.1) is 11.8 Å². The van der Waals surface area contributed by atoms with Gasteiger partial charge >= 0.3 is 12.1 Å². The number of alkyl carbamates (subject to hydrolysis) is 1. The van der Waals surface area contributed by atoms with Crippen molar-refractivity contribution in [2.45, 2.75) is 84.0 Å². The van der Waals surface area contributed by atoms with E-state index in [0.29, 0.717) is 23.6 Å². The lowest BCUT2D eigenvalue weighted by Gasteiger charge is -2.27. The molecule has 258 valence electrons. The van der Waals surface area contributed by atoms with Crippen LogP contribution in [-0.2, 0) is 36.8 Å². The summed E-state index contributed by atoms with van der Waals surface area (Å²) in [6, 6.07) is 6.74.